The molecule has 3 aromatic rings. The zero-order chi connectivity index (χ0) is 16.7. The van der Waals surface area contributed by atoms with Crippen molar-refractivity contribution in [3.63, 3.8) is 0 Å². The summed E-state index contributed by atoms with van der Waals surface area (Å²) >= 11 is 0. The quantitative estimate of drug-likeness (QED) is 0.793. The molecular weight excluding hydrogens is 294 g/mol. The molecule has 23 heavy (non-hydrogen) atoms. The van der Waals surface area contributed by atoms with E-state index in [-0.39, 0.29) is 5.95 Å². The lowest BCUT2D eigenvalue weighted by molar-refractivity contribution is 0.394. The van der Waals surface area contributed by atoms with Crippen LogP contribution in [0.2, 0.25) is 0 Å². The molecule has 2 heterocycles. The van der Waals surface area contributed by atoms with E-state index >= 15 is 0 Å². The van der Waals surface area contributed by atoms with Gasteiger partial charge < -0.3 is 15.2 Å². The SMILES string of the molecule is C=Cc1ccccc1.COc1cnc2c(OC)nc(N)nc2n1. The summed E-state index contributed by atoms with van der Waals surface area (Å²) in [5.74, 6) is 0.747. The highest BCUT2D eigenvalue weighted by Gasteiger charge is 2.09. The minimum Gasteiger partial charge on any atom is -0.480 e. The molecule has 3 rings (SSSR count). The van der Waals surface area contributed by atoms with Crippen LogP contribution >= 0.6 is 0 Å². The van der Waals surface area contributed by atoms with Crippen molar-refractivity contribution in [2.24, 2.45) is 0 Å². The van der Waals surface area contributed by atoms with Crippen LogP contribution in [0.1, 0.15) is 5.56 Å². The second kappa shape index (κ2) is 7.69. The van der Waals surface area contributed by atoms with Crippen LogP contribution in [0.25, 0.3) is 17.2 Å². The number of anilines is 1. The van der Waals surface area contributed by atoms with Gasteiger partial charge in [-0.05, 0) is 5.56 Å². The van der Waals surface area contributed by atoms with Gasteiger partial charge in [0.2, 0.25) is 17.7 Å². The molecule has 118 valence electrons. The highest BCUT2D eigenvalue weighted by molar-refractivity contribution is 5.76. The molecule has 0 fully saturated rings. The maximum Gasteiger partial charge on any atom is 0.246 e. The molecule has 0 bridgehead atoms. The van der Waals surface area contributed by atoms with Crippen LogP contribution in [-0.4, -0.2) is 34.2 Å². The number of fused-ring (bicyclic) bond motifs is 1. The van der Waals surface area contributed by atoms with Crippen molar-refractivity contribution < 1.29 is 9.47 Å². The van der Waals surface area contributed by atoms with Crippen LogP contribution in [0.4, 0.5) is 5.95 Å². The first-order valence-corrected chi connectivity index (χ1v) is 6.73. The third kappa shape index (κ3) is 4.13. The number of benzene rings is 1. The van der Waals surface area contributed by atoms with Gasteiger partial charge in [-0.1, -0.05) is 43.0 Å². The molecule has 7 nitrogen and oxygen atoms in total. The topological polar surface area (TPSA) is 96.0 Å². The summed E-state index contributed by atoms with van der Waals surface area (Å²) in [6.45, 7) is 3.63. The smallest absolute Gasteiger partial charge is 0.246 e. The van der Waals surface area contributed by atoms with Gasteiger partial charge in [0, 0.05) is 0 Å². The molecule has 0 atom stereocenters. The van der Waals surface area contributed by atoms with Gasteiger partial charge in [-0.15, -0.1) is 0 Å². The van der Waals surface area contributed by atoms with E-state index in [9.17, 15) is 0 Å². The fourth-order valence-corrected chi connectivity index (χ4v) is 1.71. The fraction of sp³-hybridized carbons (Fsp3) is 0.125. The van der Waals surface area contributed by atoms with E-state index in [1.54, 1.807) is 0 Å². The van der Waals surface area contributed by atoms with Crippen molar-refractivity contribution in [3.05, 3.63) is 48.7 Å². The predicted octanol–water partition coefficient (Wildman–Crippen LogP) is 2.35. The Bertz CT molecular complexity index is 793. The number of hydrogen-bond donors (Lipinski definition) is 1. The predicted molar refractivity (Wildman–Crippen MR) is 89.2 cm³/mol. The highest BCUT2D eigenvalue weighted by Crippen LogP contribution is 2.20. The van der Waals surface area contributed by atoms with E-state index in [0.29, 0.717) is 22.9 Å². The number of methoxy groups -OCH3 is 2. The van der Waals surface area contributed by atoms with Crippen LogP contribution < -0.4 is 15.2 Å². The summed E-state index contributed by atoms with van der Waals surface area (Å²) in [5.41, 5.74) is 7.45. The molecule has 0 aliphatic carbocycles. The summed E-state index contributed by atoms with van der Waals surface area (Å²) in [5, 5.41) is 0. The number of ether oxygens (including phenoxy) is 2. The molecule has 0 saturated heterocycles. The molecule has 2 aromatic heterocycles. The van der Waals surface area contributed by atoms with E-state index in [1.165, 1.54) is 26.0 Å². The molecule has 2 N–H and O–H groups in total. The summed E-state index contributed by atoms with van der Waals surface area (Å²) in [6, 6.07) is 10.0. The average Bonchev–Trinajstić information content (AvgIpc) is 2.61. The van der Waals surface area contributed by atoms with Crippen molar-refractivity contribution in [3.8, 4) is 11.8 Å². The summed E-state index contributed by atoms with van der Waals surface area (Å²) in [4.78, 5) is 15.9. The summed E-state index contributed by atoms with van der Waals surface area (Å²) in [7, 11) is 2.98. The number of rotatable bonds is 3. The van der Waals surface area contributed by atoms with Gasteiger partial charge in [-0.3, -0.25) is 0 Å². The fourth-order valence-electron chi connectivity index (χ4n) is 1.71. The zero-order valence-corrected chi connectivity index (χ0v) is 12.9. The van der Waals surface area contributed by atoms with Gasteiger partial charge in [0.25, 0.3) is 0 Å². The van der Waals surface area contributed by atoms with Gasteiger partial charge in [-0.25, -0.2) is 4.98 Å². The molecule has 0 aliphatic rings. The average molecular weight is 311 g/mol. The maximum atomic E-state index is 5.48. The van der Waals surface area contributed by atoms with E-state index in [0.717, 1.165) is 0 Å². The third-order valence-corrected chi connectivity index (χ3v) is 2.81. The monoisotopic (exact) mass is 311 g/mol. The molecule has 0 radical (unpaired) electrons. The minimum atomic E-state index is 0.0851. The maximum absolute atomic E-state index is 5.48. The van der Waals surface area contributed by atoms with Gasteiger partial charge in [0.1, 0.15) is 0 Å². The first-order valence-electron chi connectivity index (χ1n) is 6.73. The largest absolute Gasteiger partial charge is 0.480 e. The lowest BCUT2D eigenvalue weighted by Crippen LogP contribution is -2.02. The lowest BCUT2D eigenvalue weighted by Gasteiger charge is -2.04. The van der Waals surface area contributed by atoms with Crippen molar-refractivity contribution in [1.82, 2.24) is 19.9 Å². The molecule has 0 saturated carbocycles. The van der Waals surface area contributed by atoms with Crippen LogP contribution in [0.15, 0.2) is 43.1 Å². The zero-order valence-electron chi connectivity index (χ0n) is 12.9. The van der Waals surface area contributed by atoms with Crippen molar-refractivity contribution in [2.45, 2.75) is 0 Å². The molecule has 0 unspecified atom stereocenters. The van der Waals surface area contributed by atoms with Gasteiger partial charge >= 0.3 is 0 Å². The summed E-state index contributed by atoms with van der Waals surface area (Å²) in [6.07, 6.45) is 3.30. The Labute approximate surface area is 133 Å². The van der Waals surface area contributed by atoms with Gasteiger partial charge in [-0.2, -0.15) is 15.0 Å². The molecule has 0 amide bonds. The second-order valence-corrected chi connectivity index (χ2v) is 4.29. The number of nitrogen functional groups attached to an aromatic ring is 1. The Morgan fingerprint density at radius 1 is 1.04 bits per heavy atom. The standard InChI is InChI=1S/C8H9N5O2.C8H8/c1-14-4-3-10-5-6(11-4)12-8(9)13-7(5)15-2;1-2-8-6-4-3-5-7-8/h3H,1-2H3,(H2,9,11,12,13);2-7H,1H2. The number of nitrogens with two attached hydrogens (primary N) is 1. The van der Waals surface area contributed by atoms with Crippen LogP contribution in [0.3, 0.4) is 0 Å². The van der Waals surface area contributed by atoms with Crippen molar-refractivity contribution in [2.75, 3.05) is 20.0 Å². The number of nitrogens with zero attached hydrogens (tertiary/aromatic N) is 4. The van der Waals surface area contributed by atoms with Gasteiger partial charge in [0.05, 0.1) is 20.4 Å². The molecule has 1 aromatic carbocycles. The third-order valence-electron chi connectivity index (χ3n) is 2.81. The Balaban J connectivity index is 0.000000203. The lowest BCUT2D eigenvalue weighted by atomic mass is 10.2. The molecular formula is C16H17N5O2. The normalized spacial score (nSPS) is 9.65. The Morgan fingerprint density at radius 3 is 2.35 bits per heavy atom. The molecule has 0 spiro atoms. The first-order chi connectivity index (χ1) is 11.2. The molecule has 0 aliphatic heterocycles. The van der Waals surface area contributed by atoms with Crippen LogP contribution in [-0.2, 0) is 0 Å². The van der Waals surface area contributed by atoms with Crippen LogP contribution in [0.5, 0.6) is 11.8 Å². The van der Waals surface area contributed by atoms with Crippen molar-refractivity contribution in [1.29, 1.82) is 0 Å². The van der Waals surface area contributed by atoms with Crippen LogP contribution in [0, 0.1) is 0 Å². The Hall–Kier alpha value is -3.22. The van der Waals surface area contributed by atoms with E-state index in [1.807, 2.05) is 36.4 Å². The summed E-state index contributed by atoms with van der Waals surface area (Å²) < 4.78 is 9.93. The molecule has 7 heteroatoms. The highest BCUT2D eigenvalue weighted by atomic mass is 16.5. The van der Waals surface area contributed by atoms with Crippen molar-refractivity contribution >= 4 is 23.2 Å². The first kappa shape index (κ1) is 16.2. The van der Waals surface area contributed by atoms with Gasteiger partial charge in [0.15, 0.2) is 11.2 Å². The number of aromatic nitrogens is 4. The Kier molecular flexibility index (Phi) is 5.40. The van der Waals surface area contributed by atoms with E-state index in [4.69, 9.17) is 15.2 Å². The minimum absolute atomic E-state index is 0.0851. The Morgan fingerprint density at radius 2 is 1.78 bits per heavy atom. The van der Waals surface area contributed by atoms with E-state index < -0.39 is 0 Å². The van der Waals surface area contributed by atoms with E-state index in [2.05, 4.69) is 26.5 Å². The second-order valence-electron chi connectivity index (χ2n) is 4.29. The number of hydrogen-bond acceptors (Lipinski definition) is 7.